The zero-order valence-corrected chi connectivity index (χ0v) is 11.8. The van der Waals surface area contributed by atoms with Gasteiger partial charge in [-0.2, -0.15) is 13.2 Å². The number of carbonyl (C=O) groups is 1. The van der Waals surface area contributed by atoms with Crippen molar-refractivity contribution in [2.75, 3.05) is 6.54 Å². The first kappa shape index (κ1) is 14.6. The Morgan fingerprint density at radius 3 is 2.73 bits per heavy atom. The van der Waals surface area contributed by atoms with E-state index in [4.69, 9.17) is 4.42 Å². The van der Waals surface area contributed by atoms with E-state index in [0.717, 1.165) is 10.2 Å². The molecule has 3 aromatic rings. The van der Waals surface area contributed by atoms with Crippen LogP contribution in [0.25, 0.3) is 21.0 Å². The molecule has 0 radical (unpaired) electrons. The molecule has 2 heterocycles. The van der Waals surface area contributed by atoms with Gasteiger partial charge in [0.05, 0.1) is 10.2 Å². The van der Waals surface area contributed by atoms with Crippen LogP contribution in [0.2, 0.25) is 0 Å². The van der Waals surface area contributed by atoms with Crippen molar-refractivity contribution in [1.82, 2.24) is 10.3 Å². The summed E-state index contributed by atoms with van der Waals surface area (Å²) in [4.78, 5) is 15.9. The van der Waals surface area contributed by atoms with E-state index in [0.29, 0.717) is 10.8 Å². The van der Waals surface area contributed by atoms with Gasteiger partial charge in [-0.15, -0.1) is 11.3 Å². The quantitative estimate of drug-likeness (QED) is 0.795. The van der Waals surface area contributed by atoms with Crippen LogP contribution in [0.3, 0.4) is 0 Å². The molecule has 0 saturated carbocycles. The van der Waals surface area contributed by atoms with Crippen molar-refractivity contribution >= 4 is 27.5 Å². The second kappa shape index (κ2) is 5.45. The van der Waals surface area contributed by atoms with Gasteiger partial charge in [0.15, 0.2) is 16.5 Å². The van der Waals surface area contributed by atoms with Crippen molar-refractivity contribution in [3.63, 3.8) is 0 Å². The molecular formula is C14H9F3N2O2S. The molecule has 22 heavy (non-hydrogen) atoms. The number of halogens is 3. The summed E-state index contributed by atoms with van der Waals surface area (Å²) >= 11 is 1.38. The molecule has 3 rings (SSSR count). The smallest absolute Gasteiger partial charge is 0.405 e. The van der Waals surface area contributed by atoms with Crippen LogP contribution >= 0.6 is 11.3 Å². The van der Waals surface area contributed by atoms with Crippen LogP contribution in [0.15, 0.2) is 40.8 Å². The number of hydrogen-bond acceptors (Lipinski definition) is 4. The third kappa shape index (κ3) is 3.11. The predicted molar refractivity (Wildman–Crippen MR) is 75.7 cm³/mol. The van der Waals surface area contributed by atoms with Gasteiger partial charge in [-0.3, -0.25) is 4.79 Å². The number of nitrogens with one attached hydrogen (secondary N) is 1. The van der Waals surface area contributed by atoms with Crippen LogP contribution in [0, 0.1) is 0 Å². The lowest BCUT2D eigenvalue weighted by Crippen LogP contribution is -2.33. The molecule has 1 aromatic carbocycles. The fourth-order valence-electron chi connectivity index (χ4n) is 1.82. The number of fused-ring (bicyclic) bond motifs is 1. The summed E-state index contributed by atoms with van der Waals surface area (Å²) in [6.07, 6.45) is -4.46. The zero-order valence-electron chi connectivity index (χ0n) is 11.0. The summed E-state index contributed by atoms with van der Waals surface area (Å²) in [5, 5.41) is 2.32. The van der Waals surface area contributed by atoms with Crippen molar-refractivity contribution in [3.05, 3.63) is 42.2 Å². The molecule has 0 saturated heterocycles. The summed E-state index contributed by atoms with van der Waals surface area (Å²) in [5.41, 5.74) is 0.793. The van der Waals surface area contributed by atoms with E-state index >= 15 is 0 Å². The number of furan rings is 1. The molecular weight excluding hydrogens is 317 g/mol. The Balaban J connectivity index is 1.79. The topological polar surface area (TPSA) is 55.1 Å². The molecule has 0 aliphatic heterocycles. The maximum absolute atomic E-state index is 12.1. The van der Waals surface area contributed by atoms with Gasteiger partial charge in [0.25, 0.3) is 5.91 Å². The average molecular weight is 326 g/mol. The molecule has 8 heteroatoms. The van der Waals surface area contributed by atoms with Gasteiger partial charge in [-0.25, -0.2) is 4.98 Å². The number of rotatable bonds is 3. The summed E-state index contributed by atoms with van der Waals surface area (Å²) in [6, 6.07) is 10.3. The molecule has 2 aromatic heterocycles. The number of benzene rings is 1. The third-order valence-electron chi connectivity index (χ3n) is 2.78. The monoisotopic (exact) mass is 326 g/mol. The fraction of sp³-hybridized carbons (Fsp3) is 0.143. The van der Waals surface area contributed by atoms with Crippen LogP contribution in [0.1, 0.15) is 10.6 Å². The van der Waals surface area contributed by atoms with Gasteiger partial charge in [0.1, 0.15) is 6.54 Å². The van der Waals surface area contributed by atoms with Gasteiger partial charge >= 0.3 is 6.18 Å². The minimum absolute atomic E-state index is 0.182. The molecule has 0 spiro atoms. The van der Waals surface area contributed by atoms with E-state index < -0.39 is 18.6 Å². The number of thiazole rings is 1. The number of carbonyl (C=O) groups excluding carboxylic acids is 1. The first-order valence-corrected chi connectivity index (χ1v) is 7.05. The highest BCUT2D eigenvalue weighted by atomic mass is 32.1. The number of para-hydroxylation sites is 1. The molecule has 1 N–H and O–H groups in total. The van der Waals surface area contributed by atoms with Crippen molar-refractivity contribution in [1.29, 1.82) is 0 Å². The molecule has 1 amide bonds. The lowest BCUT2D eigenvalue weighted by atomic mass is 10.3. The summed E-state index contributed by atoms with van der Waals surface area (Å²) < 4.78 is 42.4. The van der Waals surface area contributed by atoms with Gasteiger partial charge < -0.3 is 9.73 Å². The first-order valence-electron chi connectivity index (χ1n) is 6.23. The van der Waals surface area contributed by atoms with Gasteiger partial charge in [0, 0.05) is 0 Å². The van der Waals surface area contributed by atoms with E-state index in [1.807, 2.05) is 24.3 Å². The molecule has 0 fully saturated rings. The predicted octanol–water partition coefficient (Wildman–Crippen LogP) is 3.85. The van der Waals surface area contributed by atoms with Crippen LogP contribution < -0.4 is 5.32 Å². The Morgan fingerprint density at radius 1 is 1.23 bits per heavy atom. The van der Waals surface area contributed by atoms with E-state index in [2.05, 4.69) is 4.98 Å². The Bertz CT molecular complexity index is 790. The van der Waals surface area contributed by atoms with Crippen molar-refractivity contribution in [2.45, 2.75) is 6.18 Å². The van der Waals surface area contributed by atoms with Crippen molar-refractivity contribution in [2.24, 2.45) is 0 Å². The fourth-order valence-corrected chi connectivity index (χ4v) is 2.75. The summed E-state index contributed by atoms with van der Waals surface area (Å²) in [6.45, 7) is -1.40. The van der Waals surface area contributed by atoms with E-state index in [1.54, 1.807) is 5.32 Å². The molecule has 0 aliphatic carbocycles. The Hall–Kier alpha value is -2.35. The maximum Gasteiger partial charge on any atom is 0.405 e. The third-order valence-corrected chi connectivity index (χ3v) is 3.83. The van der Waals surface area contributed by atoms with E-state index in [9.17, 15) is 18.0 Å². The number of nitrogens with zero attached hydrogens (tertiary/aromatic N) is 1. The molecule has 0 unspecified atom stereocenters. The van der Waals surface area contributed by atoms with Gasteiger partial charge in [-0.05, 0) is 24.3 Å². The summed E-state index contributed by atoms with van der Waals surface area (Å²) in [5.74, 6) is -0.749. The van der Waals surface area contributed by atoms with Crippen molar-refractivity contribution in [3.8, 4) is 10.8 Å². The van der Waals surface area contributed by atoms with Crippen LogP contribution in [0.4, 0.5) is 13.2 Å². The Morgan fingerprint density at radius 2 is 2.00 bits per heavy atom. The highest BCUT2D eigenvalue weighted by Crippen LogP contribution is 2.31. The summed E-state index contributed by atoms with van der Waals surface area (Å²) in [7, 11) is 0. The average Bonchev–Trinajstić information content (AvgIpc) is 3.09. The normalized spacial score (nSPS) is 11.8. The van der Waals surface area contributed by atoms with Crippen molar-refractivity contribution < 1.29 is 22.4 Å². The lowest BCUT2D eigenvalue weighted by Gasteiger charge is -2.06. The van der Waals surface area contributed by atoms with Crippen LogP contribution in [-0.4, -0.2) is 23.6 Å². The molecule has 0 bridgehead atoms. The first-order chi connectivity index (χ1) is 10.4. The minimum atomic E-state index is -4.46. The van der Waals surface area contributed by atoms with Gasteiger partial charge in [0.2, 0.25) is 0 Å². The standard InChI is InChI=1S/C14H9F3N2O2S/c15-14(16,17)7-18-12(20)9-5-6-10(21-9)13-19-8-3-1-2-4-11(8)22-13/h1-6H,7H2,(H,18,20). The number of amides is 1. The molecule has 4 nitrogen and oxygen atoms in total. The van der Waals surface area contributed by atoms with E-state index in [-0.39, 0.29) is 5.76 Å². The Kier molecular flexibility index (Phi) is 3.61. The highest BCUT2D eigenvalue weighted by molar-refractivity contribution is 7.21. The van der Waals surface area contributed by atoms with Crippen LogP contribution in [-0.2, 0) is 0 Å². The lowest BCUT2D eigenvalue weighted by molar-refractivity contribution is -0.123. The minimum Gasteiger partial charge on any atom is -0.448 e. The molecule has 114 valence electrons. The second-order valence-corrected chi connectivity index (χ2v) is 5.48. The highest BCUT2D eigenvalue weighted by Gasteiger charge is 2.28. The van der Waals surface area contributed by atoms with Gasteiger partial charge in [-0.1, -0.05) is 12.1 Å². The number of hydrogen-bond donors (Lipinski definition) is 1. The number of alkyl halides is 3. The SMILES string of the molecule is O=C(NCC(F)(F)F)c1ccc(-c2nc3ccccc3s2)o1. The van der Waals surface area contributed by atoms with E-state index in [1.165, 1.54) is 23.5 Å². The number of aromatic nitrogens is 1. The largest absolute Gasteiger partial charge is 0.448 e. The Labute approximate surface area is 126 Å². The maximum atomic E-state index is 12.1. The van der Waals surface area contributed by atoms with Crippen LogP contribution in [0.5, 0.6) is 0 Å². The molecule has 0 aliphatic rings. The molecule has 0 atom stereocenters. The zero-order chi connectivity index (χ0) is 15.7. The second-order valence-electron chi connectivity index (χ2n) is 4.45.